The predicted octanol–water partition coefficient (Wildman–Crippen LogP) is 5.57. The van der Waals surface area contributed by atoms with Crippen molar-refractivity contribution in [3.05, 3.63) is 107 Å². The Balaban J connectivity index is 1.26. The van der Waals surface area contributed by atoms with E-state index in [1.807, 2.05) is 23.1 Å². The van der Waals surface area contributed by atoms with Crippen molar-refractivity contribution in [3.8, 4) is 0 Å². The summed E-state index contributed by atoms with van der Waals surface area (Å²) in [7, 11) is 0. The zero-order valence-corrected chi connectivity index (χ0v) is 18.7. The molecule has 5 rings (SSSR count). The number of rotatable bonds is 5. The van der Waals surface area contributed by atoms with Gasteiger partial charge in [0.15, 0.2) is 0 Å². The molecule has 0 aliphatic carbocycles. The monoisotopic (exact) mass is 461 g/mol. The van der Waals surface area contributed by atoms with Crippen LogP contribution in [0.2, 0.25) is 0 Å². The van der Waals surface area contributed by atoms with Crippen molar-refractivity contribution in [2.45, 2.75) is 37.2 Å². The average molecular weight is 462 g/mol. The molecule has 0 aromatic heterocycles. The van der Waals surface area contributed by atoms with Crippen molar-refractivity contribution in [3.63, 3.8) is 0 Å². The molecule has 0 saturated carbocycles. The molecular formula is C28H25F2NO3. The van der Waals surface area contributed by atoms with E-state index in [4.69, 9.17) is 4.74 Å². The molecule has 0 radical (unpaired) electrons. The highest BCUT2D eigenvalue weighted by atomic mass is 19.1. The van der Waals surface area contributed by atoms with Gasteiger partial charge in [0, 0.05) is 43.8 Å². The van der Waals surface area contributed by atoms with Gasteiger partial charge < -0.3 is 9.64 Å². The third-order valence-electron chi connectivity index (χ3n) is 7.04. The van der Waals surface area contributed by atoms with E-state index in [1.165, 1.54) is 24.3 Å². The minimum absolute atomic E-state index is 0.0293. The number of carbonyl (C=O) groups excluding carboxylic acids is 2. The third kappa shape index (κ3) is 4.20. The number of halogens is 2. The van der Waals surface area contributed by atoms with Gasteiger partial charge in [0.25, 0.3) is 0 Å². The first-order chi connectivity index (χ1) is 16.4. The smallest absolute Gasteiger partial charge is 0.339 e. The Labute approximate surface area is 197 Å². The fourth-order valence-electron chi connectivity index (χ4n) is 5.18. The number of hydrogen-bond donors (Lipinski definition) is 0. The lowest BCUT2D eigenvalue weighted by atomic mass is 9.83. The minimum atomic E-state index is -0.644. The molecule has 0 unspecified atom stereocenters. The van der Waals surface area contributed by atoms with Crippen molar-refractivity contribution < 1.29 is 23.1 Å². The third-order valence-corrected chi connectivity index (χ3v) is 7.04. The van der Waals surface area contributed by atoms with Crippen LogP contribution >= 0.6 is 0 Å². The van der Waals surface area contributed by atoms with Crippen LogP contribution in [0.25, 0.3) is 0 Å². The molecule has 34 heavy (non-hydrogen) atoms. The minimum Gasteiger partial charge on any atom is -0.450 e. The number of esters is 1. The number of ether oxygens (including phenoxy) is 1. The van der Waals surface area contributed by atoms with E-state index in [-0.39, 0.29) is 29.4 Å². The molecule has 0 bridgehead atoms. The molecule has 6 heteroatoms. The summed E-state index contributed by atoms with van der Waals surface area (Å²) in [6.07, 6.45) is 1.97. The second-order valence-electron chi connectivity index (χ2n) is 9.00. The Kier molecular flexibility index (Phi) is 5.90. The first kappa shape index (κ1) is 22.3. The van der Waals surface area contributed by atoms with Crippen LogP contribution in [0.4, 0.5) is 8.78 Å². The fraction of sp³-hybridized carbons (Fsp3) is 0.286. The highest BCUT2D eigenvalue weighted by Crippen LogP contribution is 2.44. The van der Waals surface area contributed by atoms with Gasteiger partial charge in [-0.05, 0) is 47.9 Å². The number of nitrogens with zero attached hydrogens (tertiary/aromatic N) is 1. The first-order valence-electron chi connectivity index (χ1n) is 11.6. The molecular weight excluding hydrogens is 436 g/mol. The topological polar surface area (TPSA) is 46.6 Å². The first-order valence-corrected chi connectivity index (χ1v) is 11.6. The van der Waals surface area contributed by atoms with Crippen molar-refractivity contribution in [2.24, 2.45) is 0 Å². The molecule has 3 aromatic rings. The molecule has 1 spiro atoms. The number of piperidine rings is 1. The van der Waals surface area contributed by atoms with Crippen LogP contribution < -0.4 is 0 Å². The molecule has 0 atom stereocenters. The summed E-state index contributed by atoms with van der Waals surface area (Å²) in [5.74, 6) is -1.06. The van der Waals surface area contributed by atoms with Crippen LogP contribution in [0.1, 0.15) is 58.6 Å². The lowest BCUT2D eigenvalue weighted by molar-refractivity contribution is -0.135. The molecule has 1 amide bonds. The number of fused-ring (bicyclic) bond motifs is 2. The van der Waals surface area contributed by atoms with Crippen LogP contribution in [0.3, 0.4) is 0 Å². The molecule has 0 N–H and O–H groups in total. The predicted molar refractivity (Wildman–Crippen MR) is 123 cm³/mol. The Morgan fingerprint density at radius 1 is 0.882 bits per heavy atom. The van der Waals surface area contributed by atoms with Gasteiger partial charge in [-0.15, -0.1) is 0 Å². The van der Waals surface area contributed by atoms with Gasteiger partial charge in [-0.25, -0.2) is 13.6 Å². The largest absolute Gasteiger partial charge is 0.450 e. The second-order valence-corrected chi connectivity index (χ2v) is 9.00. The molecule has 2 aliphatic heterocycles. The maximum Gasteiger partial charge on any atom is 0.339 e. The summed E-state index contributed by atoms with van der Waals surface area (Å²) in [5.41, 5.74) is 2.65. The lowest BCUT2D eigenvalue weighted by Crippen LogP contribution is -2.45. The molecule has 2 aliphatic rings. The van der Waals surface area contributed by atoms with E-state index in [2.05, 4.69) is 0 Å². The van der Waals surface area contributed by atoms with Crippen molar-refractivity contribution >= 4 is 11.9 Å². The van der Waals surface area contributed by atoms with Gasteiger partial charge in [0.05, 0.1) is 5.56 Å². The van der Waals surface area contributed by atoms with Gasteiger partial charge in [-0.1, -0.05) is 42.5 Å². The van der Waals surface area contributed by atoms with Crippen molar-refractivity contribution in [1.82, 2.24) is 4.90 Å². The molecule has 174 valence electrons. The SMILES string of the molecule is O=C1OC2(CCN(C(=O)CCC(c3ccc(F)cc3)c3ccc(F)cc3)CC2)c2ccccc21. The van der Waals surface area contributed by atoms with Crippen LogP contribution in [-0.2, 0) is 15.1 Å². The lowest BCUT2D eigenvalue weighted by Gasteiger charge is -2.38. The number of benzene rings is 3. The van der Waals surface area contributed by atoms with E-state index in [0.717, 1.165) is 16.7 Å². The number of hydrogen-bond acceptors (Lipinski definition) is 3. The Morgan fingerprint density at radius 3 is 2.03 bits per heavy atom. The quantitative estimate of drug-likeness (QED) is 0.467. The van der Waals surface area contributed by atoms with Gasteiger partial charge in [0.1, 0.15) is 17.2 Å². The molecule has 1 saturated heterocycles. The maximum absolute atomic E-state index is 13.5. The normalized spacial score (nSPS) is 16.6. The highest BCUT2D eigenvalue weighted by Gasteiger charge is 2.47. The van der Waals surface area contributed by atoms with E-state index < -0.39 is 5.60 Å². The summed E-state index contributed by atoms with van der Waals surface area (Å²) in [5, 5.41) is 0. The number of amides is 1. The highest BCUT2D eigenvalue weighted by molar-refractivity contribution is 5.94. The summed E-state index contributed by atoms with van der Waals surface area (Å²) in [4.78, 5) is 27.2. The van der Waals surface area contributed by atoms with E-state index >= 15 is 0 Å². The average Bonchev–Trinajstić information content (AvgIpc) is 3.13. The van der Waals surface area contributed by atoms with Gasteiger partial charge >= 0.3 is 5.97 Å². The molecule has 3 aromatic carbocycles. The van der Waals surface area contributed by atoms with E-state index in [9.17, 15) is 18.4 Å². The van der Waals surface area contributed by atoms with Crippen molar-refractivity contribution in [2.75, 3.05) is 13.1 Å². The van der Waals surface area contributed by atoms with Crippen LogP contribution in [0, 0.1) is 11.6 Å². The standard InChI is InChI=1S/C28H25F2NO3/c29-21-9-5-19(6-10-21)23(20-7-11-22(30)12-8-20)13-14-26(32)31-17-15-28(16-18-31)25-4-2-1-3-24(25)27(33)34-28/h1-12,23H,13-18H2. The molecule has 2 heterocycles. The molecule has 4 nitrogen and oxygen atoms in total. The second kappa shape index (κ2) is 9.01. The molecule has 1 fully saturated rings. The zero-order valence-electron chi connectivity index (χ0n) is 18.7. The maximum atomic E-state index is 13.5. The zero-order chi connectivity index (χ0) is 23.7. The van der Waals surface area contributed by atoms with Gasteiger partial charge in [-0.3, -0.25) is 4.79 Å². The summed E-state index contributed by atoms with van der Waals surface area (Å²) in [6, 6.07) is 19.9. The van der Waals surface area contributed by atoms with Crippen LogP contribution in [0.5, 0.6) is 0 Å². The summed E-state index contributed by atoms with van der Waals surface area (Å²) < 4.78 is 32.7. The van der Waals surface area contributed by atoms with Crippen LogP contribution in [0.15, 0.2) is 72.8 Å². The van der Waals surface area contributed by atoms with Crippen molar-refractivity contribution in [1.29, 1.82) is 0 Å². The summed E-state index contributed by atoms with van der Waals surface area (Å²) in [6.45, 7) is 1.02. The van der Waals surface area contributed by atoms with Crippen LogP contribution in [-0.4, -0.2) is 29.9 Å². The Bertz CT molecular complexity index is 1150. The van der Waals surface area contributed by atoms with Gasteiger partial charge in [0.2, 0.25) is 5.91 Å². The van der Waals surface area contributed by atoms with Gasteiger partial charge in [-0.2, -0.15) is 0 Å². The van der Waals surface area contributed by atoms with E-state index in [0.29, 0.717) is 44.3 Å². The number of carbonyl (C=O) groups is 2. The Hall–Kier alpha value is -3.54. The summed E-state index contributed by atoms with van der Waals surface area (Å²) >= 11 is 0. The fourth-order valence-corrected chi connectivity index (χ4v) is 5.18. The van der Waals surface area contributed by atoms with E-state index in [1.54, 1.807) is 30.3 Å². The Morgan fingerprint density at radius 2 is 1.44 bits per heavy atom. The number of likely N-dealkylation sites (tertiary alicyclic amines) is 1.